The van der Waals surface area contributed by atoms with E-state index >= 15 is 0 Å². The molecule has 5 nitrogen and oxygen atoms in total. The van der Waals surface area contributed by atoms with Gasteiger partial charge in [0.2, 0.25) is 0 Å². The lowest BCUT2D eigenvalue weighted by Crippen LogP contribution is -2.32. The molecule has 0 amide bonds. The minimum Gasteiger partial charge on any atom is -0.354 e. The van der Waals surface area contributed by atoms with Gasteiger partial charge in [-0.2, -0.15) is 5.10 Å². The van der Waals surface area contributed by atoms with Crippen LogP contribution in [0.1, 0.15) is 18.5 Å². The van der Waals surface area contributed by atoms with E-state index in [-0.39, 0.29) is 0 Å². The van der Waals surface area contributed by atoms with E-state index in [0.29, 0.717) is 10.8 Å². The van der Waals surface area contributed by atoms with Crippen molar-refractivity contribution in [1.82, 2.24) is 15.3 Å². The van der Waals surface area contributed by atoms with E-state index in [1.807, 2.05) is 38.5 Å². The smallest absolute Gasteiger partial charge is 0.189 e. The maximum atomic E-state index is 5.18. The zero-order valence-electron chi connectivity index (χ0n) is 11.6. The molecule has 0 fully saturated rings. The number of hydrazone groups is 1. The van der Waals surface area contributed by atoms with E-state index in [2.05, 4.69) is 26.6 Å². The van der Waals surface area contributed by atoms with Crippen molar-refractivity contribution in [1.29, 1.82) is 0 Å². The number of hydrogen-bond donors (Lipinski definition) is 1. The number of hydrogen-bond acceptors (Lipinski definition) is 4. The van der Waals surface area contributed by atoms with Crippen LogP contribution < -0.4 is 5.43 Å². The second kappa shape index (κ2) is 6.91. The lowest BCUT2D eigenvalue weighted by atomic mass is 10.1. The van der Waals surface area contributed by atoms with Gasteiger partial charge in [0, 0.05) is 26.5 Å². The fraction of sp³-hybridized carbons (Fsp3) is 0.286. The third-order valence-electron chi connectivity index (χ3n) is 2.68. The quantitative estimate of drug-likeness (QED) is 0.524. The first-order valence-corrected chi connectivity index (χ1v) is 6.79. The highest BCUT2D eigenvalue weighted by atomic mass is 32.1. The summed E-state index contributed by atoms with van der Waals surface area (Å²) in [6.07, 6.45) is 7.62. The predicted octanol–water partition coefficient (Wildman–Crippen LogP) is 1.97. The first-order chi connectivity index (χ1) is 9.68. The molecule has 1 aromatic heterocycles. The molecule has 0 saturated carbocycles. The second-order valence-electron chi connectivity index (χ2n) is 4.47. The summed E-state index contributed by atoms with van der Waals surface area (Å²) in [5.41, 5.74) is 5.16. The first kappa shape index (κ1) is 14.3. The maximum Gasteiger partial charge on any atom is 0.189 e. The summed E-state index contributed by atoms with van der Waals surface area (Å²) in [5, 5.41) is 4.92. The number of aliphatic imine (C=N–C) groups is 1. The molecule has 0 spiro atoms. The van der Waals surface area contributed by atoms with E-state index < -0.39 is 0 Å². The van der Waals surface area contributed by atoms with Crippen LogP contribution >= 0.6 is 12.2 Å². The predicted molar refractivity (Wildman–Crippen MR) is 86.0 cm³/mol. The molecule has 2 heterocycles. The van der Waals surface area contributed by atoms with Gasteiger partial charge in [-0.3, -0.25) is 15.4 Å². The third-order valence-corrected chi connectivity index (χ3v) is 3.14. The maximum absolute atomic E-state index is 5.18. The highest BCUT2D eigenvalue weighted by molar-refractivity contribution is 7.80. The molecule has 1 N–H and O–H groups in total. The van der Waals surface area contributed by atoms with E-state index in [0.717, 1.165) is 24.2 Å². The van der Waals surface area contributed by atoms with Crippen LogP contribution in [0.3, 0.4) is 0 Å². The Kier molecular flexibility index (Phi) is 4.95. The van der Waals surface area contributed by atoms with Crippen LogP contribution in [0.25, 0.3) is 0 Å². The molecule has 1 aliphatic rings. The zero-order chi connectivity index (χ0) is 14.4. The van der Waals surface area contributed by atoms with Crippen molar-refractivity contribution in [2.75, 3.05) is 14.1 Å². The monoisotopic (exact) mass is 287 g/mol. The van der Waals surface area contributed by atoms with Crippen LogP contribution in [-0.2, 0) is 0 Å². The molecule has 0 aromatic carbocycles. The highest BCUT2D eigenvalue weighted by Crippen LogP contribution is 2.13. The first-order valence-electron chi connectivity index (χ1n) is 6.38. The Balaban J connectivity index is 2.30. The molecular weight excluding hydrogens is 270 g/mol. The summed E-state index contributed by atoms with van der Waals surface area (Å²) in [5.74, 6) is 0. The summed E-state index contributed by atoms with van der Waals surface area (Å²) in [4.78, 5) is 10.5. The summed E-state index contributed by atoms with van der Waals surface area (Å²) < 4.78 is 0. The van der Waals surface area contributed by atoms with Crippen LogP contribution in [0.5, 0.6) is 0 Å². The molecular formula is C14H17N5S. The number of nitrogens with one attached hydrogen (secondary N) is 1. The van der Waals surface area contributed by atoms with E-state index in [1.165, 1.54) is 0 Å². The number of aromatic nitrogens is 1. The highest BCUT2D eigenvalue weighted by Gasteiger charge is 2.12. The van der Waals surface area contributed by atoms with Crippen molar-refractivity contribution < 1.29 is 0 Å². The van der Waals surface area contributed by atoms with E-state index in [1.54, 1.807) is 11.1 Å². The molecule has 0 aliphatic carbocycles. The molecule has 20 heavy (non-hydrogen) atoms. The van der Waals surface area contributed by atoms with Gasteiger partial charge in [0.15, 0.2) is 5.11 Å². The van der Waals surface area contributed by atoms with Crippen LogP contribution in [-0.4, -0.2) is 41.0 Å². The number of nitrogens with zero attached hydrogens (tertiary/aromatic N) is 4. The number of thiocarbonyl (C=S) groups is 1. The van der Waals surface area contributed by atoms with E-state index in [4.69, 9.17) is 12.2 Å². The van der Waals surface area contributed by atoms with Gasteiger partial charge >= 0.3 is 0 Å². The standard InChI is InChI=1S/C14H17N5S/c1-19(2)14(20)18-17-13(11-7-3-5-9-15-11)12-8-4-6-10-16-12/h3,5,7-10H,4,6H2,1-2H3,(H,18,20)/b17-13-. The largest absolute Gasteiger partial charge is 0.354 e. The van der Waals surface area contributed by atoms with Gasteiger partial charge in [-0.05, 0) is 37.2 Å². The summed E-state index contributed by atoms with van der Waals surface area (Å²) in [7, 11) is 3.73. The SMILES string of the molecule is CN(C)C(=S)N/N=C(\C1=CCCC=N1)c1ccccn1. The van der Waals surface area contributed by atoms with Crippen molar-refractivity contribution in [3.8, 4) is 0 Å². The van der Waals surface area contributed by atoms with Gasteiger partial charge in [0.25, 0.3) is 0 Å². The normalized spacial score (nSPS) is 14.7. The Morgan fingerprint density at radius 3 is 2.80 bits per heavy atom. The zero-order valence-corrected chi connectivity index (χ0v) is 12.4. The fourth-order valence-corrected chi connectivity index (χ4v) is 1.67. The molecule has 0 saturated heterocycles. The van der Waals surface area contributed by atoms with Crippen LogP contribution in [0.4, 0.5) is 0 Å². The minimum atomic E-state index is 0.541. The summed E-state index contributed by atoms with van der Waals surface area (Å²) in [6, 6.07) is 5.71. The molecule has 0 bridgehead atoms. The van der Waals surface area contributed by atoms with Crippen molar-refractivity contribution in [2.45, 2.75) is 12.8 Å². The molecule has 2 rings (SSSR count). The Morgan fingerprint density at radius 1 is 1.35 bits per heavy atom. The van der Waals surface area contributed by atoms with Gasteiger partial charge in [0.05, 0.1) is 11.4 Å². The molecule has 1 aromatic rings. The second-order valence-corrected chi connectivity index (χ2v) is 4.85. The Hall–Kier alpha value is -2.08. The van der Waals surface area contributed by atoms with Gasteiger partial charge in [-0.25, -0.2) is 0 Å². The summed E-state index contributed by atoms with van der Waals surface area (Å²) in [6.45, 7) is 0. The van der Waals surface area contributed by atoms with Crippen LogP contribution in [0, 0.1) is 0 Å². The lowest BCUT2D eigenvalue weighted by Gasteiger charge is -2.14. The number of pyridine rings is 1. The molecule has 0 unspecified atom stereocenters. The van der Waals surface area contributed by atoms with Crippen molar-refractivity contribution >= 4 is 29.3 Å². The van der Waals surface area contributed by atoms with Gasteiger partial charge < -0.3 is 4.90 Å². The average molecular weight is 287 g/mol. The fourth-order valence-electron chi connectivity index (χ4n) is 1.62. The molecule has 0 atom stereocenters. The topological polar surface area (TPSA) is 52.9 Å². The van der Waals surface area contributed by atoms with Crippen LogP contribution in [0.2, 0.25) is 0 Å². The number of rotatable bonds is 3. The Bertz CT molecular complexity index is 560. The van der Waals surface area contributed by atoms with Crippen LogP contribution in [0.15, 0.2) is 46.3 Å². The molecule has 0 radical (unpaired) electrons. The summed E-state index contributed by atoms with van der Waals surface area (Å²) >= 11 is 5.18. The molecule has 6 heteroatoms. The Morgan fingerprint density at radius 2 is 2.20 bits per heavy atom. The van der Waals surface area contributed by atoms with Gasteiger partial charge in [0.1, 0.15) is 5.71 Å². The minimum absolute atomic E-state index is 0.541. The van der Waals surface area contributed by atoms with Crippen molar-refractivity contribution in [3.05, 3.63) is 41.9 Å². The van der Waals surface area contributed by atoms with Crippen molar-refractivity contribution in [2.24, 2.45) is 10.1 Å². The number of allylic oxidation sites excluding steroid dienone is 2. The Labute approximate surface area is 124 Å². The van der Waals surface area contributed by atoms with Crippen molar-refractivity contribution in [3.63, 3.8) is 0 Å². The molecule has 104 valence electrons. The molecule has 1 aliphatic heterocycles. The lowest BCUT2D eigenvalue weighted by molar-refractivity contribution is 0.606. The third kappa shape index (κ3) is 3.71. The van der Waals surface area contributed by atoms with Gasteiger partial charge in [-0.1, -0.05) is 12.1 Å². The van der Waals surface area contributed by atoms with Gasteiger partial charge in [-0.15, -0.1) is 0 Å². The average Bonchev–Trinajstić information content (AvgIpc) is 2.49. The van der Waals surface area contributed by atoms with E-state index in [9.17, 15) is 0 Å².